The maximum absolute atomic E-state index is 14.1. The van der Waals surface area contributed by atoms with Crippen LogP contribution >= 0.6 is 11.3 Å². The molecule has 2 aromatic heterocycles. The van der Waals surface area contributed by atoms with Gasteiger partial charge in [-0.1, -0.05) is 11.3 Å². The van der Waals surface area contributed by atoms with Crippen molar-refractivity contribution < 1.29 is 13.9 Å². The van der Waals surface area contributed by atoms with E-state index in [2.05, 4.69) is 30.1 Å². The number of thiazole rings is 1. The number of ether oxygens (including phenoxy) is 1. The van der Waals surface area contributed by atoms with Gasteiger partial charge in [0.2, 0.25) is 0 Å². The molecule has 1 amide bonds. The highest BCUT2D eigenvalue weighted by molar-refractivity contribution is 7.20. The zero-order valence-corrected chi connectivity index (χ0v) is 19.6. The number of halogens is 1. The van der Waals surface area contributed by atoms with Gasteiger partial charge in [0.05, 0.1) is 0 Å². The van der Waals surface area contributed by atoms with Crippen LogP contribution in [0.3, 0.4) is 0 Å². The van der Waals surface area contributed by atoms with Crippen molar-refractivity contribution in [1.29, 1.82) is 0 Å². The van der Waals surface area contributed by atoms with Crippen molar-refractivity contribution in [2.45, 2.75) is 31.2 Å². The van der Waals surface area contributed by atoms with Crippen LogP contribution in [0.1, 0.15) is 40.5 Å². The summed E-state index contributed by atoms with van der Waals surface area (Å²) in [6, 6.07) is 5.01. The first-order valence-corrected chi connectivity index (χ1v) is 12.0. The van der Waals surface area contributed by atoms with Crippen LogP contribution in [0.15, 0.2) is 24.5 Å². The molecule has 174 valence electrons. The van der Waals surface area contributed by atoms with E-state index in [0.29, 0.717) is 40.9 Å². The summed E-state index contributed by atoms with van der Waals surface area (Å²) in [7, 11) is 4.07. The minimum absolute atomic E-state index is 0.0987. The summed E-state index contributed by atoms with van der Waals surface area (Å²) in [4.78, 5) is 31.3. The van der Waals surface area contributed by atoms with Crippen LogP contribution in [-0.2, 0) is 4.74 Å². The lowest BCUT2D eigenvalue weighted by Crippen LogP contribution is -2.38. The molecule has 8 nitrogen and oxygen atoms in total. The molecule has 0 spiro atoms. The van der Waals surface area contributed by atoms with Crippen LogP contribution in [0.5, 0.6) is 0 Å². The van der Waals surface area contributed by atoms with Crippen LogP contribution in [0.25, 0.3) is 10.3 Å². The summed E-state index contributed by atoms with van der Waals surface area (Å²) in [5, 5.41) is 3.44. The molecule has 1 unspecified atom stereocenters. The Hall–Kier alpha value is -2.69. The molecule has 0 radical (unpaired) electrons. The number of carbonyl (C=O) groups excluding carboxylic acids is 1. The van der Waals surface area contributed by atoms with E-state index in [4.69, 9.17) is 4.74 Å². The SMILES string of the molecule is CN(C)CCC1CN(c2ncnc3sc(C(=O)NC4CCOCC4)nc23)c2ccc(F)cc21. The average Bonchev–Trinajstić information content (AvgIpc) is 3.40. The molecule has 1 atom stereocenters. The number of fused-ring (bicyclic) bond motifs is 2. The summed E-state index contributed by atoms with van der Waals surface area (Å²) < 4.78 is 19.5. The molecule has 10 heteroatoms. The zero-order valence-electron chi connectivity index (χ0n) is 18.8. The first-order chi connectivity index (χ1) is 16.0. The lowest BCUT2D eigenvalue weighted by atomic mass is 9.98. The van der Waals surface area contributed by atoms with E-state index in [-0.39, 0.29) is 23.7 Å². The number of rotatable bonds is 6. The van der Waals surface area contributed by atoms with Gasteiger partial charge in [0.25, 0.3) is 5.91 Å². The molecule has 3 aromatic rings. The smallest absolute Gasteiger partial charge is 0.280 e. The highest BCUT2D eigenvalue weighted by Crippen LogP contribution is 2.43. The zero-order chi connectivity index (χ0) is 22.9. The van der Waals surface area contributed by atoms with Crippen LogP contribution < -0.4 is 10.2 Å². The molecule has 2 aliphatic rings. The summed E-state index contributed by atoms with van der Waals surface area (Å²) in [6.45, 7) is 2.90. The van der Waals surface area contributed by atoms with Gasteiger partial charge >= 0.3 is 0 Å². The second-order valence-corrected chi connectivity index (χ2v) is 9.81. The van der Waals surface area contributed by atoms with Crippen LogP contribution in [-0.4, -0.2) is 72.2 Å². The predicted octanol–water partition coefficient (Wildman–Crippen LogP) is 3.32. The number of amides is 1. The third-order valence-corrected chi connectivity index (χ3v) is 7.19. The maximum atomic E-state index is 14.1. The van der Waals surface area contributed by atoms with Gasteiger partial charge in [-0.15, -0.1) is 0 Å². The molecule has 1 aromatic carbocycles. The van der Waals surface area contributed by atoms with E-state index in [1.54, 1.807) is 12.1 Å². The molecular formula is C23H27FN6O2S. The molecule has 0 aliphatic carbocycles. The Labute approximate surface area is 195 Å². The fraction of sp³-hybridized carbons (Fsp3) is 0.478. The number of hydrogen-bond donors (Lipinski definition) is 1. The summed E-state index contributed by atoms with van der Waals surface area (Å²) >= 11 is 1.27. The van der Waals surface area contributed by atoms with E-state index in [0.717, 1.165) is 37.1 Å². The van der Waals surface area contributed by atoms with E-state index < -0.39 is 0 Å². The van der Waals surface area contributed by atoms with Crippen molar-refractivity contribution in [3.05, 3.63) is 40.9 Å². The summed E-state index contributed by atoms with van der Waals surface area (Å²) in [6.07, 6.45) is 4.02. The minimum atomic E-state index is -0.237. The Morgan fingerprint density at radius 2 is 2.12 bits per heavy atom. The van der Waals surface area contributed by atoms with Gasteiger partial charge in [0.1, 0.15) is 22.5 Å². The van der Waals surface area contributed by atoms with Crippen molar-refractivity contribution in [2.75, 3.05) is 45.3 Å². The number of aromatic nitrogens is 3. The predicted molar refractivity (Wildman–Crippen MR) is 126 cm³/mol. The highest BCUT2D eigenvalue weighted by atomic mass is 32.1. The number of carbonyl (C=O) groups is 1. The standard InChI is InChI=1S/C23H27FN6O2S/c1-29(2)8-5-14-12-30(18-4-3-15(24)11-17(14)18)20-19-22(26-13-25-20)33-23(28-19)21(31)27-16-6-9-32-10-7-16/h3-4,11,13-14,16H,5-10,12H2,1-2H3,(H,27,31). The number of nitrogens with zero attached hydrogens (tertiary/aromatic N) is 5. The van der Waals surface area contributed by atoms with Gasteiger partial charge in [-0.05, 0) is 63.7 Å². The van der Waals surface area contributed by atoms with Crippen molar-refractivity contribution in [1.82, 2.24) is 25.2 Å². The van der Waals surface area contributed by atoms with E-state index in [1.165, 1.54) is 23.7 Å². The molecular weight excluding hydrogens is 443 g/mol. The molecule has 1 N–H and O–H groups in total. The van der Waals surface area contributed by atoms with Crippen molar-refractivity contribution in [3.63, 3.8) is 0 Å². The fourth-order valence-corrected chi connectivity index (χ4v) is 5.31. The largest absolute Gasteiger partial charge is 0.381 e. The van der Waals surface area contributed by atoms with Crippen molar-refractivity contribution in [2.24, 2.45) is 0 Å². The van der Waals surface area contributed by atoms with E-state index in [1.807, 2.05) is 14.1 Å². The van der Waals surface area contributed by atoms with E-state index in [9.17, 15) is 9.18 Å². The van der Waals surface area contributed by atoms with E-state index >= 15 is 0 Å². The highest BCUT2D eigenvalue weighted by Gasteiger charge is 2.32. The lowest BCUT2D eigenvalue weighted by molar-refractivity contribution is 0.0696. The molecule has 0 bridgehead atoms. The summed E-state index contributed by atoms with van der Waals surface area (Å²) in [5.74, 6) is 0.405. The average molecular weight is 471 g/mol. The molecule has 1 fully saturated rings. The monoisotopic (exact) mass is 470 g/mol. The van der Waals surface area contributed by atoms with Gasteiger partial charge in [-0.3, -0.25) is 4.79 Å². The second kappa shape index (κ2) is 9.28. The van der Waals surface area contributed by atoms with Crippen LogP contribution in [0, 0.1) is 5.82 Å². The molecule has 5 rings (SSSR count). The van der Waals surface area contributed by atoms with Gasteiger partial charge in [-0.25, -0.2) is 19.3 Å². The quantitative estimate of drug-likeness (QED) is 0.592. The molecule has 0 saturated carbocycles. The first kappa shape index (κ1) is 22.1. The number of anilines is 2. The topological polar surface area (TPSA) is 83.5 Å². The fourth-order valence-electron chi connectivity index (χ4n) is 4.50. The molecule has 4 heterocycles. The lowest BCUT2D eigenvalue weighted by Gasteiger charge is -2.22. The van der Waals surface area contributed by atoms with Gasteiger partial charge in [-0.2, -0.15) is 0 Å². The Bertz CT molecular complexity index is 1160. The normalized spacial score (nSPS) is 18.8. The Morgan fingerprint density at radius 3 is 2.91 bits per heavy atom. The van der Waals surface area contributed by atoms with Crippen molar-refractivity contribution >= 4 is 39.1 Å². The maximum Gasteiger partial charge on any atom is 0.280 e. The van der Waals surface area contributed by atoms with Gasteiger partial charge in [0, 0.05) is 37.4 Å². The Kier molecular flexibility index (Phi) is 6.22. The Balaban J connectivity index is 1.45. The third kappa shape index (κ3) is 4.55. The molecule has 33 heavy (non-hydrogen) atoms. The Morgan fingerprint density at radius 1 is 1.30 bits per heavy atom. The third-order valence-electron chi connectivity index (χ3n) is 6.23. The molecule has 2 aliphatic heterocycles. The van der Waals surface area contributed by atoms with Crippen LogP contribution in [0.2, 0.25) is 0 Å². The van der Waals surface area contributed by atoms with Crippen molar-refractivity contribution in [3.8, 4) is 0 Å². The number of benzene rings is 1. The number of hydrogen-bond acceptors (Lipinski definition) is 8. The van der Waals surface area contributed by atoms with Crippen LogP contribution in [0.4, 0.5) is 15.9 Å². The first-order valence-electron chi connectivity index (χ1n) is 11.2. The summed E-state index contributed by atoms with van der Waals surface area (Å²) in [5.41, 5.74) is 2.51. The van der Waals surface area contributed by atoms with Gasteiger partial charge in [0.15, 0.2) is 10.8 Å². The van der Waals surface area contributed by atoms with Gasteiger partial charge < -0.3 is 19.9 Å². The molecule has 1 saturated heterocycles. The minimum Gasteiger partial charge on any atom is -0.381 e. The number of nitrogens with one attached hydrogen (secondary N) is 1. The second-order valence-electron chi connectivity index (χ2n) is 8.83.